The summed E-state index contributed by atoms with van der Waals surface area (Å²) >= 11 is 14.5. The summed E-state index contributed by atoms with van der Waals surface area (Å²) in [6, 6.07) is 13.6. The van der Waals surface area contributed by atoms with E-state index in [0.717, 1.165) is 20.8 Å². The topological polar surface area (TPSA) is 53.4 Å². The molecule has 4 nitrogen and oxygen atoms in total. The van der Waals surface area contributed by atoms with Crippen LogP contribution in [0.3, 0.4) is 0 Å². The summed E-state index contributed by atoms with van der Waals surface area (Å²) < 4.78 is 1.12. The molecule has 4 rings (SSSR count). The number of carboxylic acids is 1. The van der Waals surface area contributed by atoms with E-state index in [9.17, 15) is 9.90 Å². The number of piperidine rings is 1. The summed E-state index contributed by atoms with van der Waals surface area (Å²) in [4.78, 5) is 18.4. The quantitative estimate of drug-likeness (QED) is 0.605. The molecular weight excluding hydrogens is 403 g/mol. The van der Waals surface area contributed by atoms with Gasteiger partial charge in [0.2, 0.25) is 0 Å². The van der Waals surface area contributed by atoms with Crippen LogP contribution in [0, 0.1) is 5.92 Å². The number of hydrogen-bond donors (Lipinski definition) is 1. The van der Waals surface area contributed by atoms with E-state index in [0.29, 0.717) is 36.0 Å². The summed E-state index contributed by atoms with van der Waals surface area (Å²) in [6.45, 7) is 1.36. The van der Waals surface area contributed by atoms with Gasteiger partial charge in [0.15, 0.2) is 0 Å². The molecule has 1 aliphatic rings. The number of rotatable bonds is 4. The number of benzene rings is 2. The number of carbonyl (C=O) groups is 1. The first-order chi connectivity index (χ1) is 13.0. The second kappa shape index (κ2) is 7.76. The van der Waals surface area contributed by atoms with Gasteiger partial charge in [-0.3, -0.25) is 9.69 Å². The Morgan fingerprint density at radius 1 is 1.15 bits per heavy atom. The summed E-state index contributed by atoms with van der Waals surface area (Å²) in [5.74, 6) is -1.00. The molecule has 1 N–H and O–H groups in total. The Balaban J connectivity index is 1.76. The molecule has 1 fully saturated rings. The standard InChI is InChI=1S/C20H18Cl2N2O2S/c21-14-5-3-4-13(17(14)22)18(24-10-8-12(9-11-24)20(25)26)19-23-15-6-1-2-7-16(15)27-19/h1-7,12,18H,8-11H2,(H,25,26). The average molecular weight is 421 g/mol. The van der Waals surface area contributed by atoms with Crippen molar-refractivity contribution in [3.05, 3.63) is 63.1 Å². The number of para-hydroxylation sites is 1. The SMILES string of the molecule is O=C(O)C1CCN(C(c2nc3ccccc3s2)c2cccc(Cl)c2Cl)CC1. The molecule has 1 aliphatic heterocycles. The highest BCUT2D eigenvalue weighted by Crippen LogP contribution is 2.40. The fraction of sp³-hybridized carbons (Fsp3) is 0.300. The van der Waals surface area contributed by atoms with Crippen molar-refractivity contribution >= 4 is 50.7 Å². The van der Waals surface area contributed by atoms with Crippen LogP contribution in [0.1, 0.15) is 29.5 Å². The lowest BCUT2D eigenvalue weighted by Crippen LogP contribution is -2.39. The first-order valence-corrected chi connectivity index (χ1v) is 10.4. The van der Waals surface area contributed by atoms with Gasteiger partial charge in [-0.1, -0.05) is 47.5 Å². The van der Waals surface area contributed by atoms with Crippen molar-refractivity contribution in [1.29, 1.82) is 0 Å². The van der Waals surface area contributed by atoms with E-state index in [1.54, 1.807) is 17.4 Å². The van der Waals surface area contributed by atoms with E-state index < -0.39 is 5.97 Å². The van der Waals surface area contributed by atoms with Crippen molar-refractivity contribution in [2.45, 2.75) is 18.9 Å². The highest BCUT2D eigenvalue weighted by atomic mass is 35.5. The zero-order valence-electron chi connectivity index (χ0n) is 14.4. The Kier molecular flexibility index (Phi) is 5.37. The maximum atomic E-state index is 11.3. The van der Waals surface area contributed by atoms with E-state index in [2.05, 4.69) is 11.0 Å². The van der Waals surface area contributed by atoms with Gasteiger partial charge in [0.25, 0.3) is 0 Å². The van der Waals surface area contributed by atoms with Crippen LogP contribution in [-0.2, 0) is 4.79 Å². The van der Waals surface area contributed by atoms with E-state index in [4.69, 9.17) is 28.2 Å². The van der Waals surface area contributed by atoms with Gasteiger partial charge in [0, 0.05) is 0 Å². The number of thiazole rings is 1. The summed E-state index contributed by atoms with van der Waals surface area (Å²) in [5.41, 5.74) is 1.87. The molecule has 0 aliphatic carbocycles. The molecule has 140 valence electrons. The molecule has 1 saturated heterocycles. The second-order valence-corrected chi connectivity index (χ2v) is 8.56. The minimum absolute atomic E-state index is 0.136. The first kappa shape index (κ1) is 18.7. The predicted octanol–water partition coefficient (Wildman–Crippen LogP) is 5.49. The Morgan fingerprint density at radius 2 is 1.89 bits per heavy atom. The van der Waals surface area contributed by atoms with Crippen molar-refractivity contribution in [2.24, 2.45) is 5.92 Å². The lowest BCUT2D eigenvalue weighted by molar-refractivity contribution is -0.143. The molecule has 0 radical (unpaired) electrons. The van der Waals surface area contributed by atoms with Gasteiger partial charge in [-0.25, -0.2) is 4.98 Å². The third-order valence-corrected chi connectivity index (χ3v) is 6.99. The maximum Gasteiger partial charge on any atom is 0.306 e. The Bertz CT molecular complexity index is 950. The van der Waals surface area contributed by atoms with Crippen LogP contribution in [0.15, 0.2) is 42.5 Å². The molecule has 2 aromatic carbocycles. The maximum absolute atomic E-state index is 11.3. The van der Waals surface area contributed by atoms with Crippen LogP contribution in [0.5, 0.6) is 0 Å². The molecule has 0 bridgehead atoms. The lowest BCUT2D eigenvalue weighted by atomic mass is 9.94. The van der Waals surface area contributed by atoms with Gasteiger partial charge in [0.05, 0.1) is 32.2 Å². The Hall–Kier alpha value is -1.66. The molecule has 27 heavy (non-hydrogen) atoms. The number of halogens is 2. The Morgan fingerprint density at radius 3 is 2.59 bits per heavy atom. The van der Waals surface area contributed by atoms with E-state index in [1.807, 2.05) is 30.3 Å². The van der Waals surface area contributed by atoms with Gasteiger partial charge < -0.3 is 5.11 Å². The van der Waals surface area contributed by atoms with Gasteiger partial charge in [-0.05, 0) is 49.7 Å². The third-order valence-electron chi connectivity index (χ3n) is 5.06. The number of hydrogen-bond acceptors (Lipinski definition) is 4. The van der Waals surface area contributed by atoms with Crippen LogP contribution in [-0.4, -0.2) is 34.0 Å². The highest BCUT2D eigenvalue weighted by molar-refractivity contribution is 7.18. The third kappa shape index (κ3) is 3.69. The molecule has 7 heteroatoms. The number of aromatic nitrogens is 1. The molecule has 1 atom stereocenters. The molecule has 0 amide bonds. The van der Waals surface area contributed by atoms with Crippen LogP contribution >= 0.6 is 34.5 Å². The second-order valence-electron chi connectivity index (χ2n) is 6.71. The van der Waals surface area contributed by atoms with Crippen molar-refractivity contribution in [3.8, 4) is 0 Å². The minimum Gasteiger partial charge on any atom is -0.481 e. The number of fused-ring (bicyclic) bond motifs is 1. The van der Waals surface area contributed by atoms with Crippen LogP contribution < -0.4 is 0 Å². The monoisotopic (exact) mass is 420 g/mol. The van der Waals surface area contributed by atoms with Gasteiger partial charge in [0.1, 0.15) is 5.01 Å². The fourth-order valence-corrected chi connectivity index (χ4v) is 5.16. The summed E-state index contributed by atoms with van der Waals surface area (Å²) in [5, 5.41) is 11.3. The Labute approximate surface area is 171 Å². The van der Waals surface area contributed by atoms with Gasteiger partial charge in [-0.15, -0.1) is 11.3 Å². The van der Waals surface area contributed by atoms with Gasteiger partial charge >= 0.3 is 5.97 Å². The lowest BCUT2D eigenvalue weighted by Gasteiger charge is -2.36. The van der Waals surface area contributed by atoms with Crippen molar-refractivity contribution in [2.75, 3.05) is 13.1 Å². The van der Waals surface area contributed by atoms with Crippen molar-refractivity contribution < 1.29 is 9.90 Å². The van der Waals surface area contributed by atoms with Crippen molar-refractivity contribution in [1.82, 2.24) is 9.88 Å². The first-order valence-electron chi connectivity index (χ1n) is 8.81. The minimum atomic E-state index is -0.716. The van der Waals surface area contributed by atoms with Crippen LogP contribution in [0.2, 0.25) is 10.0 Å². The van der Waals surface area contributed by atoms with Crippen LogP contribution in [0.4, 0.5) is 0 Å². The number of aliphatic carboxylic acids is 1. The molecule has 1 aromatic heterocycles. The van der Waals surface area contributed by atoms with E-state index >= 15 is 0 Å². The van der Waals surface area contributed by atoms with Gasteiger partial charge in [-0.2, -0.15) is 0 Å². The molecule has 2 heterocycles. The summed E-state index contributed by atoms with van der Waals surface area (Å²) in [7, 11) is 0. The molecular formula is C20H18Cl2N2O2S. The number of likely N-dealkylation sites (tertiary alicyclic amines) is 1. The normalized spacial score (nSPS) is 17.3. The smallest absolute Gasteiger partial charge is 0.306 e. The number of nitrogens with zero attached hydrogens (tertiary/aromatic N) is 2. The summed E-state index contributed by atoms with van der Waals surface area (Å²) in [6.07, 6.45) is 1.24. The predicted molar refractivity (Wildman–Crippen MR) is 110 cm³/mol. The molecule has 1 unspecified atom stereocenters. The van der Waals surface area contributed by atoms with Crippen molar-refractivity contribution in [3.63, 3.8) is 0 Å². The largest absolute Gasteiger partial charge is 0.481 e. The zero-order valence-corrected chi connectivity index (χ0v) is 16.8. The molecule has 3 aromatic rings. The van der Waals surface area contributed by atoms with E-state index in [-0.39, 0.29) is 12.0 Å². The molecule has 0 spiro atoms. The van der Waals surface area contributed by atoms with E-state index in [1.165, 1.54) is 0 Å². The highest BCUT2D eigenvalue weighted by Gasteiger charge is 2.33. The fourth-order valence-electron chi connectivity index (χ4n) is 3.63. The number of carboxylic acid groups (broad SMARTS) is 1. The molecule has 0 saturated carbocycles. The van der Waals surface area contributed by atoms with Crippen LogP contribution in [0.25, 0.3) is 10.2 Å². The zero-order chi connectivity index (χ0) is 19.0. The average Bonchev–Trinajstić information content (AvgIpc) is 3.09.